The van der Waals surface area contributed by atoms with E-state index in [0.29, 0.717) is 104 Å². The first-order valence-corrected chi connectivity index (χ1v) is 52.3. The van der Waals surface area contributed by atoms with Crippen LogP contribution in [0.25, 0.3) is 0 Å². The van der Waals surface area contributed by atoms with Gasteiger partial charge in [0, 0.05) is 151 Å². The zero-order valence-electron chi connectivity index (χ0n) is 79.5. The van der Waals surface area contributed by atoms with Crippen molar-refractivity contribution in [3.05, 3.63) is 138 Å². The SMILES string of the molecule is Nc1nc(N2CCC3(CC2)C[C@@H](O)C[C@@H]3N)cnc1Sc1cccnc1C(F)(F)F.Nc1nc(N2CCC3(CC2)C[C@@H](O)C[C@H]3N)cnc1Sc1cccnc1C(F)(F)F.Nc1nc(N2CCC3(CC2)C[C@@H](O)C[C@H]3N)cnc1Sc1ccnc(N)c1Cl.Nc1nc(N2CCC3(CC2)C[C@H](O)C[C@H]3N)cnc1Sc1cccnc1C(F)(F)F.Nc1nc(N2CCC3(CCC[C@H]3N)CC2)nnc1Sc1cccnc1C(F)(F)F. The Morgan fingerprint density at radius 1 is 0.299 bits per heavy atom. The molecule has 0 unspecified atom stereocenters. The molecule has 5 saturated heterocycles. The van der Waals surface area contributed by atoms with E-state index in [9.17, 15) is 73.1 Å². The molecular weight excluding hydrogens is 2050 g/mol. The summed E-state index contributed by atoms with van der Waals surface area (Å²) in [4.78, 5) is 67.7. The number of piperidine rings is 5. The van der Waals surface area contributed by atoms with Crippen molar-refractivity contribution < 1.29 is 73.1 Å². The van der Waals surface area contributed by atoms with Crippen molar-refractivity contribution in [3.63, 3.8) is 0 Å². The lowest BCUT2D eigenvalue weighted by molar-refractivity contribution is -0.144. The standard InChI is InChI=1S/3C19H23F3N6OS.C18H24ClN7OS.C18H22F3N7S/c3*20-19(21,22)15-12(2-1-5-25-15)30-17-16(24)27-14(10-26-17)28-6-3-18(4-7-28)9-11(29)8-13(18)23;19-14-11(1-4-23-15(14)21)28-17-16(22)25-13(9-24-17)26-5-2-18(3-6-26)8-10(27)7-12(18)20;19-18(20,21)13-11(3-2-8-24-13)29-15-14(23)25-16(27-26-15)28-9-6-17(7-10-28)5-1-4-12(17)22/h3*1-2,5,10-11,13,29H,3-4,6-9,23H2,(H2,24,27);1,4,9-10,12,27H,2-3,5-8,20H2,(H2,21,23)(H2,22,25);2-3,8,12H,1,4-7,9-10,22H2,(H2,23,25,27)/t11-,13+;2*11-,13-;10-,12+;12-/m01001/s1. The molecule has 5 aliphatic heterocycles. The molecular formula is C93H115ClF12N32O4S5. The van der Waals surface area contributed by atoms with E-state index in [0.717, 1.165) is 211 Å². The lowest BCUT2D eigenvalue weighted by atomic mass is 9.74. The maximum absolute atomic E-state index is 13.2. The second kappa shape index (κ2) is 45.1. The summed E-state index contributed by atoms with van der Waals surface area (Å²) < 4.78 is 158. The van der Waals surface area contributed by atoms with Gasteiger partial charge >= 0.3 is 24.7 Å². The lowest BCUT2D eigenvalue weighted by Gasteiger charge is -2.42. The first-order valence-electron chi connectivity index (χ1n) is 47.8. The molecule has 10 aliphatic rings. The summed E-state index contributed by atoms with van der Waals surface area (Å²) in [5, 5.41) is 49.7. The van der Waals surface area contributed by atoms with Crippen molar-refractivity contribution in [1.29, 1.82) is 0 Å². The highest BCUT2D eigenvalue weighted by Gasteiger charge is 2.53. The summed E-state index contributed by atoms with van der Waals surface area (Å²) in [6.07, 6.45) is 10.6. The molecule has 9 atom stereocenters. The topological polar surface area (TPSA) is 590 Å². The molecule has 15 heterocycles. The number of rotatable bonds is 15. The number of hydrogen-bond donors (Lipinski definition) is 15. The fourth-order valence-electron chi connectivity index (χ4n) is 21.7. The van der Waals surface area contributed by atoms with Gasteiger partial charge in [-0.15, -0.1) is 10.2 Å². The molecule has 0 amide bonds. The van der Waals surface area contributed by atoms with Crippen molar-refractivity contribution in [2.75, 3.05) is 124 Å². The number of aliphatic hydroxyl groups is 4. The Morgan fingerprint density at radius 2 is 0.565 bits per heavy atom. The van der Waals surface area contributed by atoms with Crippen LogP contribution in [0, 0.1) is 27.1 Å². The monoisotopic (exact) mass is 2170 g/mol. The van der Waals surface area contributed by atoms with E-state index >= 15 is 0 Å². The molecule has 0 radical (unpaired) electrons. The van der Waals surface area contributed by atoms with E-state index in [-0.39, 0.29) is 150 Å². The average Bonchev–Trinajstić information content (AvgIpc) is 1.63. The quantitative estimate of drug-likeness (QED) is 0.0424. The predicted molar refractivity (Wildman–Crippen MR) is 535 cm³/mol. The van der Waals surface area contributed by atoms with E-state index in [1.54, 1.807) is 18.5 Å². The molecule has 54 heteroatoms. The van der Waals surface area contributed by atoms with Gasteiger partial charge < -0.3 is 108 Å². The van der Waals surface area contributed by atoms with Crippen molar-refractivity contribution in [3.8, 4) is 0 Å². The highest BCUT2D eigenvalue weighted by molar-refractivity contribution is 8.00. The second-order valence-electron chi connectivity index (χ2n) is 38.9. The van der Waals surface area contributed by atoms with Gasteiger partial charge in [0.2, 0.25) is 5.95 Å². The third-order valence-corrected chi connectivity index (χ3v) is 35.7. The van der Waals surface area contributed by atoms with Crippen LogP contribution in [0.3, 0.4) is 0 Å². The summed E-state index contributed by atoms with van der Waals surface area (Å²) in [6.45, 7) is 7.45. The zero-order valence-corrected chi connectivity index (χ0v) is 84.3. The minimum Gasteiger partial charge on any atom is -0.393 e. The van der Waals surface area contributed by atoms with Crippen LogP contribution in [-0.2, 0) is 24.7 Å². The van der Waals surface area contributed by atoms with E-state index in [4.69, 9.17) is 74.7 Å². The maximum Gasteiger partial charge on any atom is 0.434 e. The molecule has 147 heavy (non-hydrogen) atoms. The largest absolute Gasteiger partial charge is 0.434 e. The molecule has 26 N–H and O–H groups in total. The molecule has 0 bridgehead atoms. The van der Waals surface area contributed by atoms with Crippen molar-refractivity contribution in [2.24, 2.45) is 55.7 Å². The molecule has 5 saturated carbocycles. The Labute approximate surface area is 864 Å². The zero-order chi connectivity index (χ0) is 105. The third-order valence-electron chi connectivity index (χ3n) is 29.9. The van der Waals surface area contributed by atoms with Crippen LogP contribution in [0.1, 0.15) is 158 Å². The number of halogens is 13. The number of nitrogens with zero attached hydrogens (tertiary/aromatic N) is 21. The number of nitrogens with two attached hydrogens (primary N) is 11. The van der Waals surface area contributed by atoms with Crippen LogP contribution < -0.4 is 87.6 Å². The van der Waals surface area contributed by atoms with Gasteiger partial charge in [0.15, 0.2) is 56.9 Å². The van der Waals surface area contributed by atoms with Crippen LogP contribution >= 0.6 is 70.4 Å². The number of pyridine rings is 5. The molecule has 0 aromatic carbocycles. The molecule has 36 nitrogen and oxygen atoms in total. The second-order valence-corrected chi connectivity index (χ2v) is 44.5. The number of anilines is 11. The summed E-state index contributed by atoms with van der Waals surface area (Å²) >= 11 is 10.7. The van der Waals surface area contributed by atoms with Gasteiger partial charge in [-0.1, -0.05) is 76.8 Å². The van der Waals surface area contributed by atoms with E-state index < -0.39 is 47.5 Å². The van der Waals surface area contributed by atoms with Crippen molar-refractivity contribution in [1.82, 2.24) is 80.0 Å². The Kier molecular flexibility index (Phi) is 33.6. The molecule has 10 aromatic heterocycles. The van der Waals surface area contributed by atoms with Crippen LogP contribution in [0.5, 0.6) is 0 Å². The molecule has 792 valence electrons. The number of alkyl halides is 12. The van der Waals surface area contributed by atoms with Gasteiger partial charge in [-0.2, -0.15) is 57.7 Å². The number of aromatic nitrogens is 16. The van der Waals surface area contributed by atoms with Gasteiger partial charge in [0.1, 0.15) is 49.2 Å². The van der Waals surface area contributed by atoms with E-state index in [1.165, 1.54) is 85.3 Å². The van der Waals surface area contributed by atoms with Crippen LogP contribution in [-0.4, -0.2) is 220 Å². The van der Waals surface area contributed by atoms with Crippen molar-refractivity contribution >= 4 is 135 Å². The fraction of sp³-hybridized carbons (Fsp3) is 0.527. The molecule has 20 rings (SSSR count). The average molecular weight is 2170 g/mol. The minimum absolute atomic E-state index is 0.00751. The molecule has 5 aliphatic carbocycles. The number of nitrogen functional groups attached to an aromatic ring is 6. The highest BCUT2D eigenvalue weighted by Crippen LogP contribution is 2.54. The smallest absolute Gasteiger partial charge is 0.393 e. The van der Waals surface area contributed by atoms with Crippen molar-refractivity contribution in [2.45, 2.75) is 264 Å². The summed E-state index contributed by atoms with van der Waals surface area (Å²) in [6, 6.07) is 13.1. The van der Waals surface area contributed by atoms with Gasteiger partial charge in [-0.3, -0.25) is 19.9 Å². The molecule has 10 aromatic rings. The fourth-order valence-corrected chi connectivity index (χ4v) is 26.2. The maximum atomic E-state index is 13.2. The van der Waals surface area contributed by atoms with Gasteiger partial charge in [-0.25, -0.2) is 44.9 Å². The lowest BCUT2D eigenvalue weighted by Crippen LogP contribution is -2.47. The number of hydrogen-bond acceptors (Lipinski definition) is 41. The van der Waals surface area contributed by atoms with E-state index in [1.807, 2.05) is 19.6 Å². The third kappa shape index (κ3) is 25.3. The van der Waals surface area contributed by atoms with Gasteiger partial charge in [0.05, 0.1) is 54.2 Å². The Balaban J connectivity index is 0.000000131. The Morgan fingerprint density at radius 3 is 0.816 bits per heavy atom. The Hall–Kier alpha value is -10.3. The summed E-state index contributed by atoms with van der Waals surface area (Å²) in [5.41, 5.74) is 63.6. The summed E-state index contributed by atoms with van der Waals surface area (Å²) in [7, 11) is 0. The van der Waals surface area contributed by atoms with Gasteiger partial charge in [0.25, 0.3) is 0 Å². The number of aliphatic hydroxyl groups excluding tert-OH is 4. The van der Waals surface area contributed by atoms with Crippen LogP contribution in [0.15, 0.2) is 160 Å². The molecule has 5 spiro atoms. The Bertz CT molecular complexity index is 5880. The van der Waals surface area contributed by atoms with E-state index in [2.05, 4.69) is 84.9 Å². The highest BCUT2D eigenvalue weighted by atomic mass is 35.5. The summed E-state index contributed by atoms with van der Waals surface area (Å²) in [5.74, 6) is 3.79. The van der Waals surface area contributed by atoms with Crippen LogP contribution in [0.2, 0.25) is 5.02 Å². The van der Waals surface area contributed by atoms with Crippen LogP contribution in [0.4, 0.5) is 117 Å². The normalized spacial score (nSPS) is 23.4. The van der Waals surface area contributed by atoms with Gasteiger partial charge in [-0.05, 0) is 210 Å². The first kappa shape index (κ1) is 109. The minimum atomic E-state index is -4.57. The molecule has 10 fully saturated rings. The predicted octanol–water partition coefficient (Wildman–Crippen LogP) is 13.1. The first-order chi connectivity index (χ1) is 69.7.